The van der Waals surface area contributed by atoms with Gasteiger partial charge in [-0.25, -0.2) is 0 Å². The number of hydrogen-bond donors (Lipinski definition) is 0. The van der Waals surface area contributed by atoms with Gasteiger partial charge in [-0.15, -0.1) is 0 Å². The van der Waals surface area contributed by atoms with E-state index < -0.39 is 0 Å². The predicted molar refractivity (Wildman–Crippen MR) is 29.8 cm³/mol. The van der Waals surface area contributed by atoms with E-state index in [-0.39, 0.29) is 4.72 Å². The molecule has 0 atom stereocenters. The van der Waals surface area contributed by atoms with Crippen LogP contribution in [-0.4, -0.2) is 13.6 Å². The topological polar surface area (TPSA) is 17.1 Å². The Hall–Kier alpha value is 0.133. The fourth-order valence-electron chi connectivity index (χ4n) is 0.175. The molecule has 0 aliphatic carbocycles. The standard InChI is InChI=1S/C4H5O.Co.H3Si/c1-2-3-4-5;;/h2H,1,3H2;;1H3. The molecule has 0 aliphatic rings. The molecule has 0 bridgehead atoms. The van der Waals surface area contributed by atoms with E-state index >= 15 is 0 Å². The summed E-state index contributed by atoms with van der Waals surface area (Å²) in [6, 6.07) is 0. The van der Waals surface area contributed by atoms with Crippen molar-refractivity contribution in [3.05, 3.63) is 12.7 Å². The third-order valence-electron chi connectivity index (χ3n) is 0.482. The van der Waals surface area contributed by atoms with Gasteiger partial charge in [-0.2, -0.15) is 0 Å². The van der Waals surface area contributed by atoms with E-state index in [0.29, 0.717) is 6.42 Å². The molecule has 43 valence electrons. The van der Waals surface area contributed by atoms with E-state index in [1.807, 2.05) is 0 Å². The van der Waals surface area contributed by atoms with E-state index in [4.69, 9.17) is 0 Å². The molecular formula is C4H8CoOSi. The van der Waals surface area contributed by atoms with Crippen LogP contribution in [0.2, 0.25) is 0 Å². The zero-order valence-corrected chi connectivity index (χ0v) is 7.27. The molecule has 0 N–H and O–H groups in total. The summed E-state index contributed by atoms with van der Waals surface area (Å²) < 4.78 is 0.290. The Morgan fingerprint density at radius 3 is 2.71 bits per heavy atom. The molecular weight excluding hydrogens is 151 g/mol. The summed E-state index contributed by atoms with van der Waals surface area (Å²) in [5.41, 5.74) is 0. The molecule has 0 heterocycles. The first-order valence-corrected chi connectivity index (χ1v) is 6.18. The summed E-state index contributed by atoms with van der Waals surface area (Å²) >= 11 is 0.998. The van der Waals surface area contributed by atoms with Gasteiger partial charge in [0.2, 0.25) is 0 Å². The zero-order chi connectivity index (χ0) is 5.70. The van der Waals surface area contributed by atoms with Gasteiger partial charge in [0, 0.05) is 0 Å². The second-order valence-electron chi connectivity index (χ2n) is 0.990. The minimum atomic E-state index is 0.290. The van der Waals surface area contributed by atoms with Crippen LogP contribution in [0.15, 0.2) is 12.7 Å². The Bertz CT molecular complexity index is 81.8. The summed E-state index contributed by atoms with van der Waals surface area (Å²) in [6.45, 7) is 3.44. The average Bonchev–Trinajstić information content (AvgIpc) is 1.68. The van der Waals surface area contributed by atoms with Crippen molar-refractivity contribution in [2.24, 2.45) is 0 Å². The molecule has 0 unspecified atom stereocenters. The minimum absolute atomic E-state index is 0.290. The van der Waals surface area contributed by atoms with Gasteiger partial charge in [0.05, 0.1) is 0 Å². The first-order chi connectivity index (χ1) is 3.31. The average molecular weight is 159 g/mol. The van der Waals surface area contributed by atoms with Gasteiger partial charge in [0.1, 0.15) is 0 Å². The van der Waals surface area contributed by atoms with Crippen molar-refractivity contribution in [3.8, 4) is 0 Å². The molecule has 0 aromatic heterocycles. The third-order valence-corrected chi connectivity index (χ3v) is 2.81. The molecule has 0 aromatic rings. The first kappa shape index (κ1) is 7.13. The second kappa shape index (κ2) is 4.30. The number of allylic oxidation sites excluding steroid dienone is 1. The SMILES string of the molecule is C=CC[C](=O)[Co][SiH3]. The van der Waals surface area contributed by atoms with Crippen molar-refractivity contribution in [1.82, 2.24) is 0 Å². The van der Waals surface area contributed by atoms with Crippen LogP contribution in [0.3, 0.4) is 0 Å². The molecule has 0 aromatic carbocycles. The second-order valence-corrected chi connectivity index (χ2v) is 3.47. The molecule has 0 saturated heterocycles. The van der Waals surface area contributed by atoms with Gasteiger partial charge in [0.25, 0.3) is 0 Å². The van der Waals surface area contributed by atoms with Crippen LogP contribution in [0.25, 0.3) is 0 Å². The van der Waals surface area contributed by atoms with Crippen molar-refractivity contribution < 1.29 is 18.9 Å². The van der Waals surface area contributed by atoms with Crippen LogP contribution in [-0.2, 0) is 18.9 Å². The normalized spacial score (nSPS) is 9.14. The van der Waals surface area contributed by atoms with Crippen molar-refractivity contribution in [1.29, 1.82) is 0 Å². The molecule has 3 heteroatoms. The summed E-state index contributed by atoms with van der Waals surface area (Å²) in [5, 5.41) is 0. The predicted octanol–water partition coefficient (Wildman–Crippen LogP) is -0.548. The summed E-state index contributed by atoms with van der Waals surface area (Å²) in [7, 11) is 0.958. The van der Waals surface area contributed by atoms with Gasteiger partial charge in [-0.3, -0.25) is 0 Å². The van der Waals surface area contributed by atoms with Gasteiger partial charge in [-0.05, 0) is 0 Å². The van der Waals surface area contributed by atoms with E-state index in [0.717, 1.165) is 23.0 Å². The molecule has 0 aliphatic heterocycles. The maximum absolute atomic E-state index is 10.4. The maximum atomic E-state index is 10.4. The van der Waals surface area contributed by atoms with Crippen molar-refractivity contribution in [2.75, 3.05) is 0 Å². The van der Waals surface area contributed by atoms with E-state index in [1.165, 1.54) is 0 Å². The molecule has 0 fully saturated rings. The molecule has 1 nitrogen and oxygen atoms in total. The van der Waals surface area contributed by atoms with E-state index in [9.17, 15) is 4.79 Å². The Morgan fingerprint density at radius 2 is 2.57 bits per heavy atom. The first-order valence-electron chi connectivity index (χ1n) is 1.87. The third kappa shape index (κ3) is 3.98. The zero-order valence-electron chi connectivity index (χ0n) is 4.23. The van der Waals surface area contributed by atoms with Crippen LogP contribution in [0.1, 0.15) is 6.42 Å². The van der Waals surface area contributed by atoms with Gasteiger partial charge < -0.3 is 0 Å². The molecule has 7 heavy (non-hydrogen) atoms. The van der Waals surface area contributed by atoms with E-state index in [2.05, 4.69) is 6.58 Å². The van der Waals surface area contributed by atoms with Crippen LogP contribution in [0.5, 0.6) is 0 Å². The Balaban J connectivity index is 3.17. The number of hydrogen-bond acceptors (Lipinski definition) is 1. The van der Waals surface area contributed by atoms with Crippen LogP contribution < -0.4 is 0 Å². The molecule has 0 rings (SSSR count). The number of rotatable bonds is 3. The Kier molecular flexibility index (Phi) is 4.38. The number of carbonyl (C=O) groups is 1. The van der Waals surface area contributed by atoms with Crippen LogP contribution in [0, 0.1) is 0 Å². The van der Waals surface area contributed by atoms with Crippen molar-refractivity contribution in [3.63, 3.8) is 0 Å². The van der Waals surface area contributed by atoms with Gasteiger partial charge >= 0.3 is 51.5 Å². The quantitative estimate of drug-likeness (QED) is 0.399. The molecule has 0 radical (unpaired) electrons. The monoisotopic (exact) mass is 159 g/mol. The fourth-order valence-corrected chi connectivity index (χ4v) is 1.10. The Labute approximate surface area is 52.0 Å². The molecule has 0 amide bonds. The summed E-state index contributed by atoms with van der Waals surface area (Å²) in [6.07, 6.45) is 2.19. The van der Waals surface area contributed by atoms with Crippen LogP contribution >= 0.6 is 0 Å². The van der Waals surface area contributed by atoms with Gasteiger partial charge in [-0.1, -0.05) is 0 Å². The van der Waals surface area contributed by atoms with E-state index in [1.54, 1.807) is 6.08 Å². The van der Waals surface area contributed by atoms with Crippen molar-refractivity contribution in [2.45, 2.75) is 6.42 Å². The fraction of sp³-hybridized carbons (Fsp3) is 0.250. The Morgan fingerprint density at radius 1 is 2.00 bits per heavy atom. The summed E-state index contributed by atoms with van der Waals surface area (Å²) in [4.78, 5) is 10.4. The molecule has 0 saturated carbocycles. The van der Waals surface area contributed by atoms with Crippen LogP contribution in [0.4, 0.5) is 0 Å². The molecule has 0 spiro atoms. The van der Waals surface area contributed by atoms with Gasteiger partial charge in [0.15, 0.2) is 0 Å². The van der Waals surface area contributed by atoms with Crippen molar-refractivity contribution >= 4 is 13.6 Å². The summed E-state index contributed by atoms with van der Waals surface area (Å²) in [5.74, 6) is 0. The number of carbonyl (C=O) groups excluding carboxylic acids is 1.